The first-order valence-electron chi connectivity index (χ1n) is 9.59. The fraction of sp³-hybridized carbons (Fsp3) is 0.261. The molecule has 0 atom stereocenters. The summed E-state index contributed by atoms with van der Waals surface area (Å²) in [5.41, 5.74) is 4.59. The van der Waals surface area contributed by atoms with E-state index >= 15 is 0 Å². The number of carbonyl (C=O) groups is 1. The van der Waals surface area contributed by atoms with Crippen LogP contribution in [0, 0.1) is 20.8 Å². The highest BCUT2D eigenvalue weighted by Gasteiger charge is 2.14. The molecule has 0 aliphatic heterocycles. The van der Waals surface area contributed by atoms with Crippen molar-refractivity contribution in [1.82, 2.24) is 9.97 Å². The molecule has 30 heavy (non-hydrogen) atoms. The fourth-order valence-electron chi connectivity index (χ4n) is 3.02. The Bertz CT molecular complexity index is 1120. The molecule has 0 fully saturated rings. The van der Waals surface area contributed by atoms with E-state index in [0.717, 1.165) is 28.1 Å². The number of amides is 1. The second-order valence-electron chi connectivity index (χ2n) is 7.05. The summed E-state index contributed by atoms with van der Waals surface area (Å²) < 4.78 is 5.23. The van der Waals surface area contributed by atoms with Crippen LogP contribution in [0.4, 0.5) is 5.69 Å². The Hall–Kier alpha value is -3.06. The number of nitrogens with one attached hydrogen (secondary N) is 2. The van der Waals surface area contributed by atoms with E-state index in [4.69, 9.17) is 4.74 Å². The Labute approximate surface area is 180 Å². The summed E-state index contributed by atoms with van der Waals surface area (Å²) in [7, 11) is 1.63. The molecule has 0 aliphatic carbocycles. The highest BCUT2D eigenvalue weighted by Crippen LogP contribution is 2.22. The molecule has 0 saturated carbocycles. The van der Waals surface area contributed by atoms with Gasteiger partial charge in [0.25, 0.3) is 5.56 Å². The summed E-state index contributed by atoms with van der Waals surface area (Å²) in [4.78, 5) is 32.3. The van der Waals surface area contributed by atoms with Gasteiger partial charge in [-0.05, 0) is 55.7 Å². The molecule has 3 aromatic rings. The van der Waals surface area contributed by atoms with E-state index in [0.29, 0.717) is 22.2 Å². The van der Waals surface area contributed by atoms with E-state index in [-0.39, 0.29) is 17.9 Å². The average molecular weight is 424 g/mol. The minimum Gasteiger partial charge on any atom is -0.497 e. The van der Waals surface area contributed by atoms with Crippen LogP contribution in [-0.2, 0) is 17.0 Å². The number of nitrogens with zero attached hydrogens (tertiary/aromatic N) is 1. The van der Waals surface area contributed by atoms with Crippen LogP contribution in [-0.4, -0.2) is 23.0 Å². The summed E-state index contributed by atoms with van der Waals surface area (Å²) in [6.45, 7) is 5.70. The van der Waals surface area contributed by atoms with Crippen molar-refractivity contribution < 1.29 is 9.53 Å². The summed E-state index contributed by atoms with van der Waals surface area (Å²) in [6.07, 6.45) is -0.0254. The Kier molecular flexibility index (Phi) is 6.95. The van der Waals surface area contributed by atoms with Gasteiger partial charge in [0.05, 0.1) is 13.5 Å². The zero-order valence-corrected chi connectivity index (χ0v) is 18.4. The number of carbonyl (C=O) groups excluding carboxylic acids is 1. The van der Waals surface area contributed by atoms with E-state index in [2.05, 4.69) is 15.3 Å². The van der Waals surface area contributed by atoms with Crippen molar-refractivity contribution in [2.75, 3.05) is 12.4 Å². The maximum absolute atomic E-state index is 12.6. The predicted molar refractivity (Wildman–Crippen MR) is 120 cm³/mol. The largest absolute Gasteiger partial charge is 0.497 e. The Morgan fingerprint density at radius 2 is 1.93 bits per heavy atom. The second kappa shape index (κ2) is 9.63. The quantitative estimate of drug-likeness (QED) is 0.440. The molecule has 2 N–H and O–H groups in total. The van der Waals surface area contributed by atoms with E-state index in [1.165, 1.54) is 11.8 Å². The Morgan fingerprint density at radius 3 is 2.67 bits per heavy atom. The number of aromatic amines is 1. The summed E-state index contributed by atoms with van der Waals surface area (Å²) in [5, 5.41) is 3.42. The molecular formula is C23H25N3O3S. The second-order valence-corrected chi connectivity index (χ2v) is 8.01. The van der Waals surface area contributed by atoms with Gasteiger partial charge in [0, 0.05) is 22.7 Å². The highest BCUT2D eigenvalue weighted by molar-refractivity contribution is 7.98. The van der Waals surface area contributed by atoms with Crippen molar-refractivity contribution in [2.24, 2.45) is 0 Å². The van der Waals surface area contributed by atoms with Crippen LogP contribution in [0.2, 0.25) is 0 Å². The SMILES string of the molecule is COc1cccc(CSc2nc(C)c(CC(=O)Nc3cccc(C)c3C)c(=O)[nH]2)c1. The number of hydrogen-bond donors (Lipinski definition) is 2. The molecule has 1 amide bonds. The van der Waals surface area contributed by atoms with Gasteiger partial charge in [0.2, 0.25) is 5.91 Å². The Morgan fingerprint density at radius 1 is 1.17 bits per heavy atom. The first-order valence-corrected chi connectivity index (χ1v) is 10.6. The molecule has 2 aromatic carbocycles. The normalized spacial score (nSPS) is 10.7. The molecule has 0 unspecified atom stereocenters. The number of rotatable bonds is 7. The molecular weight excluding hydrogens is 398 g/mol. The molecule has 0 bridgehead atoms. The standard InChI is InChI=1S/C23H25N3O3S/c1-14-7-5-10-20(15(14)2)25-21(27)12-19-16(3)24-23(26-22(19)28)30-13-17-8-6-9-18(11-17)29-4/h5-11H,12-13H2,1-4H3,(H,25,27)(H,24,26,28). The Balaban J connectivity index is 1.69. The van der Waals surface area contributed by atoms with Gasteiger partial charge in [0.15, 0.2) is 5.16 Å². The number of aryl methyl sites for hydroxylation is 2. The zero-order valence-electron chi connectivity index (χ0n) is 17.5. The molecule has 0 spiro atoms. The van der Waals surface area contributed by atoms with Gasteiger partial charge in [-0.25, -0.2) is 4.98 Å². The van der Waals surface area contributed by atoms with Crippen LogP contribution in [0.5, 0.6) is 5.75 Å². The molecule has 0 radical (unpaired) electrons. The van der Waals surface area contributed by atoms with Crippen LogP contribution in [0.25, 0.3) is 0 Å². The number of thioether (sulfide) groups is 1. The van der Waals surface area contributed by atoms with Gasteiger partial charge < -0.3 is 15.0 Å². The lowest BCUT2D eigenvalue weighted by molar-refractivity contribution is -0.115. The number of hydrogen-bond acceptors (Lipinski definition) is 5. The number of ether oxygens (including phenoxy) is 1. The summed E-state index contributed by atoms with van der Waals surface area (Å²) >= 11 is 1.43. The van der Waals surface area contributed by atoms with Crippen LogP contribution >= 0.6 is 11.8 Å². The van der Waals surface area contributed by atoms with E-state index < -0.39 is 0 Å². The van der Waals surface area contributed by atoms with Crippen molar-refractivity contribution in [3.63, 3.8) is 0 Å². The lowest BCUT2D eigenvalue weighted by Crippen LogP contribution is -2.24. The van der Waals surface area contributed by atoms with Gasteiger partial charge in [-0.15, -0.1) is 0 Å². The molecule has 156 valence electrons. The van der Waals surface area contributed by atoms with Crippen molar-refractivity contribution in [1.29, 1.82) is 0 Å². The first kappa shape index (κ1) is 21.6. The number of benzene rings is 2. The van der Waals surface area contributed by atoms with Crippen LogP contribution in [0.1, 0.15) is 27.9 Å². The molecule has 7 heteroatoms. The van der Waals surface area contributed by atoms with Crippen molar-refractivity contribution >= 4 is 23.4 Å². The van der Waals surface area contributed by atoms with Gasteiger partial charge in [-0.1, -0.05) is 36.0 Å². The molecule has 1 aromatic heterocycles. The highest BCUT2D eigenvalue weighted by atomic mass is 32.2. The van der Waals surface area contributed by atoms with E-state index in [9.17, 15) is 9.59 Å². The number of aromatic nitrogens is 2. The lowest BCUT2D eigenvalue weighted by Gasteiger charge is -2.11. The van der Waals surface area contributed by atoms with E-state index in [1.54, 1.807) is 14.0 Å². The third-order valence-corrected chi connectivity index (χ3v) is 5.87. The van der Waals surface area contributed by atoms with Gasteiger partial charge in [-0.2, -0.15) is 0 Å². The summed E-state index contributed by atoms with van der Waals surface area (Å²) in [6, 6.07) is 13.5. The first-order chi connectivity index (χ1) is 14.4. The van der Waals surface area contributed by atoms with Crippen LogP contribution in [0.15, 0.2) is 52.4 Å². The topological polar surface area (TPSA) is 84.1 Å². The van der Waals surface area contributed by atoms with Crippen molar-refractivity contribution in [3.8, 4) is 5.75 Å². The molecule has 6 nitrogen and oxygen atoms in total. The minimum atomic E-state index is -0.285. The van der Waals surface area contributed by atoms with Crippen LogP contribution in [0.3, 0.4) is 0 Å². The third-order valence-electron chi connectivity index (χ3n) is 4.93. The maximum atomic E-state index is 12.6. The number of anilines is 1. The molecule has 1 heterocycles. The number of methoxy groups -OCH3 is 1. The number of H-pyrrole nitrogens is 1. The van der Waals surface area contributed by atoms with Gasteiger partial charge in [0.1, 0.15) is 5.75 Å². The monoisotopic (exact) mass is 423 g/mol. The maximum Gasteiger partial charge on any atom is 0.255 e. The predicted octanol–water partition coefficient (Wildman–Crippen LogP) is 4.18. The zero-order chi connectivity index (χ0) is 21.7. The third kappa shape index (κ3) is 5.30. The molecule has 3 rings (SSSR count). The van der Waals surface area contributed by atoms with Crippen LogP contribution < -0.4 is 15.6 Å². The fourth-order valence-corrected chi connectivity index (χ4v) is 3.87. The van der Waals surface area contributed by atoms with E-state index in [1.807, 2.05) is 56.3 Å². The van der Waals surface area contributed by atoms with Gasteiger partial charge >= 0.3 is 0 Å². The minimum absolute atomic E-state index is 0.0254. The van der Waals surface area contributed by atoms with Crippen molar-refractivity contribution in [3.05, 3.63) is 80.8 Å². The average Bonchev–Trinajstić information content (AvgIpc) is 2.72. The lowest BCUT2D eigenvalue weighted by atomic mass is 10.1. The molecule has 0 saturated heterocycles. The summed E-state index contributed by atoms with van der Waals surface area (Å²) in [5.74, 6) is 1.19. The van der Waals surface area contributed by atoms with Crippen molar-refractivity contribution in [2.45, 2.75) is 38.1 Å². The molecule has 0 aliphatic rings. The van der Waals surface area contributed by atoms with Gasteiger partial charge in [-0.3, -0.25) is 9.59 Å². The smallest absolute Gasteiger partial charge is 0.255 e.